The molecule has 7 aromatic carbocycles. The zero-order chi connectivity index (χ0) is 33.5. The van der Waals surface area contributed by atoms with Gasteiger partial charge in [0.1, 0.15) is 0 Å². The van der Waals surface area contributed by atoms with Crippen molar-refractivity contribution in [3.05, 3.63) is 120 Å². The molecule has 0 amide bonds. The summed E-state index contributed by atoms with van der Waals surface area (Å²) in [6.07, 6.45) is 0. The summed E-state index contributed by atoms with van der Waals surface area (Å²) in [6.45, 7) is 9.73. The molecular formula is C42H36Cl2N2SiZr. The minimum absolute atomic E-state index is 0.826. The third kappa shape index (κ3) is 4.60. The van der Waals surface area contributed by atoms with Gasteiger partial charge in [-0.3, -0.25) is 0 Å². The predicted octanol–water partition coefficient (Wildman–Crippen LogP) is 11.2. The Hall–Kier alpha value is -3.40. The fraction of sp³-hybridized carbons (Fsp3) is 0.143. The zero-order valence-electron chi connectivity index (χ0n) is 28.0. The Balaban J connectivity index is 0.00000108. The summed E-state index contributed by atoms with van der Waals surface area (Å²) in [5.74, 6) is 0. The van der Waals surface area contributed by atoms with Crippen LogP contribution in [0.2, 0.25) is 13.1 Å². The maximum absolute atomic E-state index is 4.93. The third-order valence-electron chi connectivity index (χ3n) is 10.7. The Kier molecular flexibility index (Phi) is 7.88. The molecule has 236 valence electrons. The first kappa shape index (κ1) is 31.8. The van der Waals surface area contributed by atoms with Gasteiger partial charge in [-0.2, -0.15) is 6.07 Å². The third-order valence-corrected chi connectivity index (χ3v) is 14.3. The van der Waals surface area contributed by atoms with Crippen LogP contribution >= 0.6 is 17.0 Å². The Bertz CT molecular complexity index is 2700. The van der Waals surface area contributed by atoms with Gasteiger partial charge in [-0.25, -0.2) is 0 Å². The van der Waals surface area contributed by atoms with Crippen molar-refractivity contribution in [3.8, 4) is 11.1 Å². The van der Waals surface area contributed by atoms with Crippen molar-refractivity contribution in [1.82, 2.24) is 9.13 Å². The molecule has 0 radical (unpaired) electrons. The topological polar surface area (TPSA) is 9.86 Å². The van der Waals surface area contributed by atoms with Crippen LogP contribution in [0.15, 0.2) is 109 Å². The SMILES string of the molecule is Cc1ccc2c(c1)c1c(c3ccccc3[c-]1[Si](C)(C)[c-]1c(C)cc3c(-c4ccc5c(c4)c4ccccc4n5C)cccc31)n2C.[Cl][Zr+2][Cl]. The maximum atomic E-state index is 4.93. The van der Waals surface area contributed by atoms with E-state index in [4.69, 9.17) is 17.0 Å². The van der Waals surface area contributed by atoms with Crippen molar-refractivity contribution in [2.24, 2.45) is 14.1 Å². The van der Waals surface area contributed by atoms with Crippen molar-refractivity contribution in [2.75, 3.05) is 0 Å². The second-order valence-electron chi connectivity index (χ2n) is 13.7. The van der Waals surface area contributed by atoms with E-state index in [-0.39, 0.29) is 0 Å². The number of fused-ring (bicyclic) bond motifs is 9. The van der Waals surface area contributed by atoms with Crippen LogP contribution in [0.25, 0.3) is 76.3 Å². The molecule has 0 saturated heterocycles. The molecule has 9 aromatic rings. The van der Waals surface area contributed by atoms with Crippen LogP contribution in [-0.2, 0) is 34.9 Å². The molecule has 9 rings (SSSR count). The van der Waals surface area contributed by atoms with Crippen LogP contribution in [0.1, 0.15) is 11.1 Å². The van der Waals surface area contributed by atoms with Gasteiger partial charge in [-0.1, -0.05) is 108 Å². The number of hydrogen-bond donors (Lipinski definition) is 0. The molecule has 48 heavy (non-hydrogen) atoms. The predicted molar refractivity (Wildman–Crippen MR) is 210 cm³/mol. The summed E-state index contributed by atoms with van der Waals surface area (Å²) in [5, 5.41) is 14.2. The molecule has 0 atom stereocenters. The minimum atomic E-state index is -2.23. The van der Waals surface area contributed by atoms with Gasteiger partial charge in [0.05, 0.1) is 0 Å². The Morgan fingerprint density at radius 1 is 0.583 bits per heavy atom. The molecule has 0 aliphatic rings. The van der Waals surface area contributed by atoms with Crippen molar-refractivity contribution >= 4 is 101 Å². The number of halogens is 2. The molecular weight excluding hydrogens is 723 g/mol. The van der Waals surface area contributed by atoms with Gasteiger partial charge in [0.2, 0.25) is 0 Å². The van der Waals surface area contributed by atoms with E-state index in [1.165, 1.54) is 87.4 Å². The van der Waals surface area contributed by atoms with Crippen molar-refractivity contribution < 1.29 is 20.8 Å². The number of para-hydroxylation sites is 1. The van der Waals surface area contributed by atoms with E-state index < -0.39 is 28.9 Å². The van der Waals surface area contributed by atoms with E-state index in [1.54, 1.807) is 10.4 Å². The van der Waals surface area contributed by atoms with E-state index in [9.17, 15) is 0 Å². The molecule has 2 heterocycles. The Morgan fingerprint density at radius 2 is 1.21 bits per heavy atom. The van der Waals surface area contributed by atoms with Gasteiger partial charge >= 0.3 is 37.9 Å². The van der Waals surface area contributed by atoms with E-state index in [0.717, 1.165) is 0 Å². The molecule has 2 aromatic heterocycles. The van der Waals surface area contributed by atoms with Crippen molar-refractivity contribution in [3.63, 3.8) is 0 Å². The van der Waals surface area contributed by atoms with Crippen LogP contribution in [0.4, 0.5) is 0 Å². The first-order valence-electron chi connectivity index (χ1n) is 16.4. The summed E-state index contributed by atoms with van der Waals surface area (Å²) in [7, 11) is 12.1. The fourth-order valence-corrected chi connectivity index (χ4v) is 12.8. The molecule has 0 spiro atoms. The number of nitrogens with zero attached hydrogens (tertiary/aromatic N) is 2. The van der Waals surface area contributed by atoms with Gasteiger partial charge in [-0.05, 0) is 42.3 Å². The van der Waals surface area contributed by atoms with E-state index in [1.807, 2.05) is 0 Å². The molecule has 0 bridgehead atoms. The summed E-state index contributed by atoms with van der Waals surface area (Å²) in [4.78, 5) is 0. The summed E-state index contributed by atoms with van der Waals surface area (Å²) in [5.41, 5.74) is 10.6. The van der Waals surface area contributed by atoms with E-state index in [2.05, 4.69) is 159 Å². The number of rotatable bonds is 3. The molecule has 0 aliphatic carbocycles. The van der Waals surface area contributed by atoms with Gasteiger partial charge in [0, 0.05) is 49.5 Å². The van der Waals surface area contributed by atoms with Crippen LogP contribution in [0.5, 0.6) is 0 Å². The van der Waals surface area contributed by atoms with Crippen LogP contribution < -0.4 is 10.4 Å². The standard InChI is InChI=1S/C42H36N2Si.2ClH.Zr/c1-25-18-20-38-35(22-25)39-40(44(38)4)30-13-7-8-14-31(30)42(39)45(5,6)41-26(2)23-33-28(15-11-16-32(33)41)27-19-21-37-34(24-27)29-12-9-10-17-36(29)43(37)3;;;/h7-24H,1-6H3;2*1H;/q-2;;;+4/p-2. The monoisotopic (exact) mass is 756 g/mol. The van der Waals surface area contributed by atoms with Gasteiger partial charge in [-0.15, -0.1) is 50.3 Å². The summed E-state index contributed by atoms with van der Waals surface area (Å²) in [6, 6.07) is 41.3. The van der Waals surface area contributed by atoms with Crippen LogP contribution in [-0.4, -0.2) is 17.2 Å². The van der Waals surface area contributed by atoms with Crippen molar-refractivity contribution in [2.45, 2.75) is 26.9 Å². The molecule has 0 unspecified atom stereocenters. The number of aromatic nitrogens is 2. The van der Waals surface area contributed by atoms with Crippen LogP contribution in [0, 0.1) is 13.8 Å². The second kappa shape index (κ2) is 11.9. The number of hydrogen-bond acceptors (Lipinski definition) is 0. The van der Waals surface area contributed by atoms with Crippen LogP contribution in [0.3, 0.4) is 0 Å². The molecule has 0 N–H and O–H groups in total. The molecule has 2 nitrogen and oxygen atoms in total. The Labute approximate surface area is 300 Å². The quantitative estimate of drug-likeness (QED) is 0.125. The first-order chi connectivity index (χ1) is 23.2. The zero-order valence-corrected chi connectivity index (χ0v) is 33.0. The van der Waals surface area contributed by atoms with Gasteiger partial charge < -0.3 is 9.13 Å². The number of benzene rings is 5. The summed E-state index contributed by atoms with van der Waals surface area (Å²) >= 11 is -0.826. The molecule has 0 aliphatic heterocycles. The summed E-state index contributed by atoms with van der Waals surface area (Å²) < 4.78 is 4.74. The van der Waals surface area contributed by atoms with Gasteiger partial charge in [0.25, 0.3) is 0 Å². The van der Waals surface area contributed by atoms with Gasteiger partial charge in [0.15, 0.2) is 0 Å². The molecule has 0 saturated carbocycles. The number of aryl methyl sites for hydroxylation is 4. The average molecular weight is 759 g/mol. The van der Waals surface area contributed by atoms with Crippen molar-refractivity contribution in [1.29, 1.82) is 0 Å². The average Bonchev–Trinajstić information content (AvgIpc) is 3.78. The molecule has 0 fully saturated rings. The fourth-order valence-electron chi connectivity index (χ4n) is 8.80. The normalized spacial score (nSPS) is 12.1. The van der Waals surface area contributed by atoms with E-state index >= 15 is 0 Å². The first-order valence-corrected chi connectivity index (χ1v) is 25.7. The Morgan fingerprint density at radius 3 is 2.00 bits per heavy atom. The second-order valence-corrected chi connectivity index (χ2v) is 21.7. The van der Waals surface area contributed by atoms with E-state index in [0.29, 0.717) is 0 Å². The molecule has 6 heteroatoms.